The number of nitrogen functional groups attached to an aromatic ring is 1. The van der Waals surface area contributed by atoms with Gasteiger partial charge in [0, 0.05) is 35.3 Å². The Hall–Kier alpha value is -4.90. The molecule has 37 heavy (non-hydrogen) atoms. The number of pyridine rings is 1. The first-order valence-electron chi connectivity index (χ1n) is 12.0. The van der Waals surface area contributed by atoms with Gasteiger partial charge in [0.15, 0.2) is 11.5 Å². The number of rotatable bonds is 4. The van der Waals surface area contributed by atoms with Crippen molar-refractivity contribution in [1.29, 1.82) is 0 Å². The Morgan fingerprint density at radius 2 is 1.84 bits per heavy atom. The maximum atomic E-state index is 14.0. The molecular weight excluding hydrogens is 464 g/mol. The second-order valence-corrected chi connectivity index (χ2v) is 9.08. The van der Waals surface area contributed by atoms with Crippen LogP contribution in [0.3, 0.4) is 0 Å². The molecule has 0 aliphatic heterocycles. The van der Waals surface area contributed by atoms with Crippen LogP contribution >= 0.6 is 0 Å². The minimum absolute atomic E-state index is 0.0794. The van der Waals surface area contributed by atoms with E-state index in [4.69, 9.17) is 5.73 Å². The van der Waals surface area contributed by atoms with Crippen molar-refractivity contribution < 1.29 is 4.79 Å². The fraction of sp³-hybridized carbons (Fsp3) is 0.172. The van der Waals surface area contributed by atoms with Gasteiger partial charge in [0.1, 0.15) is 5.56 Å². The largest absolute Gasteiger partial charge is 0.381 e. The summed E-state index contributed by atoms with van der Waals surface area (Å²) < 4.78 is 3.09. The van der Waals surface area contributed by atoms with Crippen LogP contribution in [0.4, 0.5) is 5.82 Å². The van der Waals surface area contributed by atoms with Gasteiger partial charge in [0.05, 0.1) is 11.4 Å². The summed E-state index contributed by atoms with van der Waals surface area (Å²) in [6.45, 7) is 5.85. The number of nitrogens with two attached hydrogens (primary N) is 1. The predicted octanol–water partition coefficient (Wildman–Crippen LogP) is 4.11. The van der Waals surface area contributed by atoms with Gasteiger partial charge in [-0.25, -0.2) is 9.50 Å². The number of nitrogens with zero attached hydrogens (tertiary/aromatic N) is 4. The van der Waals surface area contributed by atoms with Crippen LogP contribution in [0.25, 0.3) is 22.1 Å². The summed E-state index contributed by atoms with van der Waals surface area (Å²) in [7, 11) is 0. The van der Waals surface area contributed by atoms with Crippen LogP contribution in [-0.2, 0) is 0 Å². The van der Waals surface area contributed by atoms with Crippen LogP contribution in [0.1, 0.15) is 48.4 Å². The molecule has 0 radical (unpaired) electrons. The van der Waals surface area contributed by atoms with Crippen LogP contribution < -0.4 is 16.6 Å². The highest BCUT2D eigenvalue weighted by molar-refractivity contribution is 6.04. The number of amides is 1. The van der Waals surface area contributed by atoms with E-state index < -0.39 is 11.9 Å². The van der Waals surface area contributed by atoms with E-state index in [0.717, 1.165) is 5.39 Å². The van der Waals surface area contributed by atoms with Crippen molar-refractivity contribution in [3.8, 4) is 17.5 Å². The molecule has 1 amide bonds. The van der Waals surface area contributed by atoms with Gasteiger partial charge in [-0.05, 0) is 42.6 Å². The van der Waals surface area contributed by atoms with Crippen molar-refractivity contribution in [2.75, 3.05) is 5.73 Å². The molecule has 0 saturated carbocycles. The highest BCUT2D eigenvalue weighted by Gasteiger charge is 2.23. The molecular formula is C29H26N6O2. The molecule has 3 aromatic heterocycles. The standard InChI is InChI=1S/C29H26N6O2/c1-18(2)13-14-20-9-7-10-21-17-23(35(29(37)24(20)21)22-11-5-4-6-12-22)19(3)32-28(36)25-26(30)33-34-16-8-15-31-27(25)34/h4-12,15-19H,1-3H3,(H2,30,33)(H,32,36). The lowest BCUT2D eigenvalue weighted by molar-refractivity contribution is 0.0941. The maximum absolute atomic E-state index is 14.0. The Morgan fingerprint density at radius 3 is 2.59 bits per heavy atom. The molecule has 0 saturated heterocycles. The lowest BCUT2D eigenvalue weighted by Crippen LogP contribution is -2.32. The molecule has 0 spiro atoms. The zero-order valence-electron chi connectivity index (χ0n) is 20.8. The van der Waals surface area contributed by atoms with Crippen LogP contribution in [-0.4, -0.2) is 25.1 Å². The number of anilines is 1. The second kappa shape index (κ2) is 9.63. The molecule has 2 aromatic carbocycles. The van der Waals surface area contributed by atoms with E-state index in [-0.39, 0.29) is 22.9 Å². The summed E-state index contributed by atoms with van der Waals surface area (Å²) in [6.07, 6.45) is 3.25. The molecule has 0 aliphatic rings. The van der Waals surface area contributed by atoms with E-state index in [1.807, 2.05) is 75.4 Å². The lowest BCUT2D eigenvalue weighted by Gasteiger charge is -2.21. The Labute approximate surface area is 213 Å². The van der Waals surface area contributed by atoms with Crippen LogP contribution in [0.2, 0.25) is 0 Å². The number of hydrogen-bond acceptors (Lipinski definition) is 5. The predicted molar refractivity (Wildman–Crippen MR) is 145 cm³/mol. The fourth-order valence-electron chi connectivity index (χ4n) is 4.33. The van der Waals surface area contributed by atoms with Crippen molar-refractivity contribution in [2.24, 2.45) is 5.92 Å². The first kappa shape index (κ1) is 23.8. The third-order valence-corrected chi connectivity index (χ3v) is 6.03. The van der Waals surface area contributed by atoms with Gasteiger partial charge in [0.25, 0.3) is 11.5 Å². The second-order valence-electron chi connectivity index (χ2n) is 9.08. The number of nitrogens with one attached hydrogen (secondary N) is 1. The van der Waals surface area contributed by atoms with Gasteiger partial charge in [-0.1, -0.05) is 56.0 Å². The number of fused-ring (bicyclic) bond motifs is 2. The lowest BCUT2D eigenvalue weighted by atomic mass is 10.0. The van der Waals surface area contributed by atoms with Gasteiger partial charge in [-0.15, -0.1) is 5.10 Å². The first-order valence-corrected chi connectivity index (χ1v) is 12.0. The summed E-state index contributed by atoms with van der Waals surface area (Å²) in [5, 5.41) is 8.46. The molecule has 1 atom stereocenters. The van der Waals surface area contributed by atoms with Crippen molar-refractivity contribution in [3.05, 3.63) is 100 Å². The van der Waals surface area contributed by atoms with E-state index in [0.29, 0.717) is 28.0 Å². The van der Waals surface area contributed by atoms with E-state index in [1.165, 1.54) is 4.52 Å². The van der Waals surface area contributed by atoms with Gasteiger partial charge < -0.3 is 11.1 Å². The van der Waals surface area contributed by atoms with Gasteiger partial charge in [0.2, 0.25) is 0 Å². The topological polar surface area (TPSA) is 107 Å². The Balaban J connectivity index is 1.66. The molecule has 8 nitrogen and oxygen atoms in total. The minimum atomic E-state index is -0.548. The molecule has 184 valence electrons. The van der Waals surface area contributed by atoms with E-state index in [2.05, 4.69) is 27.2 Å². The van der Waals surface area contributed by atoms with Crippen molar-refractivity contribution in [1.82, 2.24) is 24.5 Å². The summed E-state index contributed by atoms with van der Waals surface area (Å²) in [5.74, 6) is 6.15. The molecule has 0 aliphatic carbocycles. The maximum Gasteiger partial charge on any atom is 0.264 e. The average Bonchev–Trinajstić information content (AvgIpc) is 3.23. The molecule has 1 unspecified atom stereocenters. The highest BCUT2D eigenvalue weighted by Crippen LogP contribution is 2.24. The smallest absolute Gasteiger partial charge is 0.264 e. The zero-order chi connectivity index (χ0) is 26.1. The van der Waals surface area contributed by atoms with Crippen LogP contribution in [0.15, 0.2) is 77.9 Å². The normalized spacial score (nSPS) is 11.9. The zero-order valence-corrected chi connectivity index (χ0v) is 20.8. The van der Waals surface area contributed by atoms with Crippen molar-refractivity contribution in [3.63, 3.8) is 0 Å². The van der Waals surface area contributed by atoms with Crippen molar-refractivity contribution in [2.45, 2.75) is 26.8 Å². The molecule has 3 N–H and O–H groups in total. The molecule has 0 fully saturated rings. The summed E-state index contributed by atoms with van der Waals surface area (Å²) >= 11 is 0. The van der Waals surface area contributed by atoms with E-state index >= 15 is 0 Å². The monoisotopic (exact) mass is 490 g/mol. The highest BCUT2D eigenvalue weighted by atomic mass is 16.2. The van der Waals surface area contributed by atoms with E-state index in [9.17, 15) is 9.59 Å². The molecule has 5 aromatic rings. The van der Waals surface area contributed by atoms with Crippen LogP contribution in [0, 0.1) is 17.8 Å². The number of benzene rings is 2. The fourth-order valence-corrected chi connectivity index (χ4v) is 4.33. The molecule has 0 bridgehead atoms. The van der Waals surface area contributed by atoms with E-state index in [1.54, 1.807) is 23.0 Å². The SMILES string of the molecule is CC(C)C#Cc1cccc2cc(C(C)NC(=O)c3c(N)nn4cccnc34)n(-c3ccccc3)c(=O)c12. The van der Waals surface area contributed by atoms with Gasteiger partial charge in [-0.2, -0.15) is 0 Å². The number of hydrogen-bond donors (Lipinski definition) is 2. The Morgan fingerprint density at radius 1 is 1.05 bits per heavy atom. The molecule has 5 rings (SSSR count). The third kappa shape index (κ3) is 4.43. The quantitative estimate of drug-likeness (QED) is 0.369. The molecule has 3 heterocycles. The number of aromatic nitrogens is 4. The summed E-state index contributed by atoms with van der Waals surface area (Å²) in [4.78, 5) is 31.6. The average molecular weight is 491 g/mol. The van der Waals surface area contributed by atoms with Crippen LogP contribution in [0.5, 0.6) is 0 Å². The molecule has 8 heteroatoms. The van der Waals surface area contributed by atoms with Gasteiger partial charge >= 0.3 is 0 Å². The number of para-hydroxylation sites is 1. The summed E-state index contributed by atoms with van der Waals surface area (Å²) in [6, 6.07) is 18.1. The minimum Gasteiger partial charge on any atom is -0.381 e. The third-order valence-electron chi connectivity index (χ3n) is 6.03. The van der Waals surface area contributed by atoms with Crippen molar-refractivity contribution >= 4 is 28.1 Å². The number of carbonyl (C=O) groups excluding carboxylic acids is 1. The summed E-state index contributed by atoms with van der Waals surface area (Å²) in [5.41, 5.74) is 8.38. The number of carbonyl (C=O) groups is 1. The Bertz CT molecular complexity index is 1760. The Kier molecular flexibility index (Phi) is 6.20. The van der Waals surface area contributed by atoms with Gasteiger partial charge in [-0.3, -0.25) is 14.2 Å². The first-order chi connectivity index (χ1) is 17.8.